The zero-order chi connectivity index (χ0) is 28.1. The molecule has 4 aromatic rings. The van der Waals surface area contributed by atoms with Crippen molar-refractivity contribution < 1.29 is 9.53 Å². The number of aromatic nitrogens is 2. The lowest BCUT2D eigenvalue weighted by atomic mass is 9.89. The van der Waals surface area contributed by atoms with E-state index in [4.69, 9.17) is 20.7 Å². The Kier molecular flexibility index (Phi) is 8.52. The van der Waals surface area contributed by atoms with Crippen LogP contribution in [0.3, 0.4) is 0 Å². The fourth-order valence-electron chi connectivity index (χ4n) is 5.32. The molecule has 0 unspecified atom stereocenters. The molecule has 2 aromatic heterocycles. The van der Waals surface area contributed by atoms with Crippen molar-refractivity contribution in [2.75, 3.05) is 11.9 Å². The Morgan fingerprint density at radius 2 is 1.75 bits per heavy atom. The second-order valence-electron chi connectivity index (χ2n) is 10.2. The van der Waals surface area contributed by atoms with E-state index < -0.39 is 0 Å². The molecule has 2 heterocycles. The van der Waals surface area contributed by atoms with Gasteiger partial charge in [-0.3, -0.25) is 25.4 Å². The van der Waals surface area contributed by atoms with E-state index in [0.717, 1.165) is 37.9 Å². The minimum atomic E-state index is -0.0924. The van der Waals surface area contributed by atoms with Crippen LogP contribution in [0.15, 0.2) is 84.4 Å². The van der Waals surface area contributed by atoms with E-state index in [1.807, 2.05) is 52.9 Å². The number of anilines is 1. The standard InChI is InChI=1S/C31H34N6O2S/c1-22(32)39-30(33)24-10-6-11-27(20-24)36-18-17-29(34-36)37(31(38)28-12-7-19-40-28)26-15-13-25(14-16-26)35(2)21-23-8-4-3-5-9-23/h3-12,17-20,25-26,32-33H,13-16,21H2,1-2H3/t25-,26+. The summed E-state index contributed by atoms with van der Waals surface area (Å²) in [5.74, 6) is 0.462. The van der Waals surface area contributed by atoms with Crippen LogP contribution in [0.2, 0.25) is 0 Å². The first-order chi connectivity index (χ1) is 19.4. The molecule has 2 N–H and O–H groups in total. The molecule has 9 heteroatoms. The summed E-state index contributed by atoms with van der Waals surface area (Å²) in [4.78, 5) is 18.8. The van der Waals surface area contributed by atoms with Crippen LogP contribution in [0.1, 0.15) is 53.4 Å². The molecule has 1 aliphatic rings. The summed E-state index contributed by atoms with van der Waals surface area (Å²) >= 11 is 1.45. The van der Waals surface area contributed by atoms with Gasteiger partial charge < -0.3 is 4.74 Å². The Bertz CT molecular complexity index is 1460. The SMILES string of the molecule is CC(=N)OC(=N)c1cccc(-n2ccc(N(C(=O)c3cccs3)[C@H]3CC[C@@H](N(C)Cc4ccccc4)CC3)n2)c1. The summed E-state index contributed by atoms with van der Waals surface area (Å²) in [7, 11) is 2.19. The number of rotatable bonds is 8. The molecule has 5 rings (SSSR count). The van der Waals surface area contributed by atoms with Crippen molar-refractivity contribution in [2.24, 2.45) is 0 Å². The van der Waals surface area contributed by atoms with E-state index in [0.29, 0.717) is 22.3 Å². The van der Waals surface area contributed by atoms with Crippen molar-refractivity contribution in [1.82, 2.24) is 14.7 Å². The molecular weight excluding hydrogens is 520 g/mol. The van der Waals surface area contributed by atoms with Gasteiger partial charge in [0.05, 0.1) is 10.6 Å². The Balaban J connectivity index is 1.34. The van der Waals surface area contributed by atoms with Crippen LogP contribution >= 0.6 is 11.3 Å². The molecule has 206 valence electrons. The van der Waals surface area contributed by atoms with Crippen LogP contribution in [-0.4, -0.2) is 51.5 Å². The molecule has 40 heavy (non-hydrogen) atoms. The Labute approximate surface area is 238 Å². The number of ether oxygens (including phenoxy) is 1. The largest absolute Gasteiger partial charge is 0.426 e. The van der Waals surface area contributed by atoms with Crippen molar-refractivity contribution in [1.29, 1.82) is 10.8 Å². The van der Waals surface area contributed by atoms with Gasteiger partial charge >= 0.3 is 0 Å². The van der Waals surface area contributed by atoms with E-state index in [1.54, 1.807) is 16.8 Å². The molecule has 0 spiro atoms. The molecule has 0 bridgehead atoms. The van der Waals surface area contributed by atoms with Crippen LogP contribution < -0.4 is 4.90 Å². The third kappa shape index (κ3) is 6.38. The van der Waals surface area contributed by atoms with Gasteiger partial charge in [-0.2, -0.15) is 0 Å². The van der Waals surface area contributed by atoms with Gasteiger partial charge in [0.15, 0.2) is 11.7 Å². The van der Waals surface area contributed by atoms with Gasteiger partial charge in [0.1, 0.15) is 0 Å². The summed E-state index contributed by atoms with van der Waals surface area (Å²) in [5, 5.41) is 22.4. The highest BCUT2D eigenvalue weighted by molar-refractivity contribution is 7.12. The van der Waals surface area contributed by atoms with E-state index >= 15 is 0 Å². The molecule has 1 fully saturated rings. The average molecular weight is 555 g/mol. The van der Waals surface area contributed by atoms with Crippen molar-refractivity contribution in [2.45, 2.75) is 51.2 Å². The number of hydrogen-bond donors (Lipinski definition) is 2. The maximum absolute atomic E-state index is 13.8. The third-order valence-electron chi connectivity index (χ3n) is 7.33. The zero-order valence-corrected chi connectivity index (χ0v) is 23.6. The summed E-state index contributed by atoms with van der Waals surface area (Å²) < 4.78 is 6.88. The van der Waals surface area contributed by atoms with Crippen molar-refractivity contribution in [3.63, 3.8) is 0 Å². The number of carbonyl (C=O) groups excluding carboxylic acids is 1. The number of carbonyl (C=O) groups is 1. The number of nitrogens with zero attached hydrogens (tertiary/aromatic N) is 4. The van der Waals surface area contributed by atoms with Gasteiger partial charge in [-0.25, -0.2) is 4.68 Å². The van der Waals surface area contributed by atoms with Gasteiger partial charge in [-0.1, -0.05) is 42.5 Å². The molecule has 8 nitrogen and oxygen atoms in total. The lowest BCUT2D eigenvalue weighted by molar-refractivity contribution is 0.0961. The quantitative estimate of drug-likeness (QED) is 0.196. The fraction of sp³-hybridized carbons (Fsp3) is 0.290. The molecule has 2 aromatic carbocycles. The monoisotopic (exact) mass is 554 g/mol. The van der Waals surface area contributed by atoms with E-state index in [2.05, 4.69) is 36.2 Å². The first-order valence-electron chi connectivity index (χ1n) is 13.5. The summed E-state index contributed by atoms with van der Waals surface area (Å²) in [5.41, 5.74) is 2.60. The minimum Gasteiger partial charge on any atom is -0.426 e. The summed E-state index contributed by atoms with van der Waals surface area (Å²) in [6, 6.07) is 24.0. The van der Waals surface area contributed by atoms with E-state index in [9.17, 15) is 4.79 Å². The summed E-state index contributed by atoms with van der Waals surface area (Å²) in [6.07, 6.45) is 5.68. The maximum Gasteiger partial charge on any atom is 0.269 e. The van der Waals surface area contributed by atoms with Crippen molar-refractivity contribution in [3.05, 3.63) is 100 Å². The first kappa shape index (κ1) is 27.5. The van der Waals surface area contributed by atoms with Gasteiger partial charge in [-0.15, -0.1) is 16.4 Å². The molecule has 1 aliphatic carbocycles. The Morgan fingerprint density at radius 1 is 1.00 bits per heavy atom. The molecule has 1 saturated carbocycles. The molecular formula is C31H34N6O2S. The maximum atomic E-state index is 13.8. The minimum absolute atomic E-state index is 0.0215. The molecule has 0 saturated heterocycles. The number of benzene rings is 2. The van der Waals surface area contributed by atoms with Gasteiger partial charge in [0.2, 0.25) is 5.90 Å². The number of thiophene rings is 1. The molecule has 0 radical (unpaired) electrons. The number of nitrogens with one attached hydrogen (secondary N) is 2. The first-order valence-corrected chi connectivity index (χ1v) is 14.4. The molecule has 1 amide bonds. The van der Waals surface area contributed by atoms with Gasteiger partial charge in [0.25, 0.3) is 5.91 Å². The number of amides is 1. The van der Waals surface area contributed by atoms with E-state index in [-0.39, 0.29) is 23.7 Å². The fourth-order valence-corrected chi connectivity index (χ4v) is 5.98. The van der Waals surface area contributed by atoms with Crippen LogP contribution in [-0.2, 0) is 11.3 Å². The van der Waals surface area contributed by atoms with Crippen LogP contribution in [0.5, 0.6) is 0 Å². The normalized spacial score (nSPS) is 17.0. The Morgan fingerprint density at radius 3 is 2.45 bits per heavy atom. The predicted octanol–water partition coefficient (Wildman–Crippen LogP) is 6.36. The van der Waals surface area contributed by atoms with Gasteiger partial charge in [0, 0.05) is 43.4 Å². The van der Waals surface area contributed by atoms with Crippen LogP contribution in [0.4, 0.5) is 5.82 Å². The average Bonchev–Trinajstić information content (AvgIpc) is 3.67. The van der Waals surface area contributed by atoms with E-state index in [1.165, 1.54) is 23.8 Å². The smallest absolute Gasteiger partial charge is 0.269 e. The molecule has 0 aliphatic heterocycles. The predicted molar refractivity (Wildman–Crippen MR) is 160 cm³/mol. The van der Waals surface area contributed by atoms with Crippen LogP contribution in [0.25, 0.3) is 5.69 Å². The topological polar surface area (TPSA) is 98.3 Å². The van der Waals surface area contributed by atoms with Crippen molar-refractivity contribution >= 4 is 34.9 Å². The second kappa shape index (κ2) is 12.4. The highest BCUT2D eigenvalue weighted by Gasteiger charge is 2.33. The second-order valence-corrected chi connectivity index (χ2v) is 11.1. The third-order valence-corrected chi connectivity index (χ3v) is 8.19. The van der Waals surface area contributed by atoms with Crippen molar-refractivity contribution in [3.8, 4) is 5.69 Å². The molecule has 0 atom stereocenters. The Hall–Kier alpha value is -4.08. The zero-order valence-electron chi connectivity index (χ0n) is 22.8. The lowest BCUT2D eigenvalue weighted by Gasteiger charge is -2.38. The highest BCUT2D eigenvalue weighted by atomic mass is 32.1. The number of hydrogen-bond acceptors (Lipinski definition) is 7. The van der Waals surface area contributed by atoms with Crippen LogP contribution in [0, 0.1) is 10.8 Å². The highest BCUT2D eigenvalue weighted by Crippen LogP contribution is 2.31. The summed E-state index contributed by atoms with van der Waals surface area (Å²) in [6.45, 7) is 2.41. The lowest BCUT2D eigenvalue weighted by Crippen LogP contribution is -2.45. The van der Waals surface area contributed by atoms with Gasteiger partial charge in [-0.05, 0) is 67.9 Å².